The summed E-state index contributed by atoms with van der Waals surface area (Å²) in [5.74, 6) is 0.635. The van der Waals surface area contributed by atoms with Gasteiger partial charge < -0.3 is 4.90 Å². The number of benzene rings is 21. The van der Waals surface area contributed by atoms with Gasteiger partial charge in [-0.25, -0.2) is 9.37 Å². The van der Waals surface area contributed by atoms with Crippen molar-refractivity contribution in [1.82, 2.24) is 15.0 Å². The van der Waals surface area contributed by atoms with Gasteiger partial charge in [0.2, 0.25) is 6.71 Å². The van der Waals surface area contributed by atoms with Crippen LogP contribution in [-0.4, -0.2) is 28.4 Å². The van der Waals surface area contributed by atoms with Crippen molar-refractivity contribution in [3.05, 3.63) is 491 Å². The fourth-order valence-electron chi connectivity index (χ4n) is 21.4. The fraction of sp³-hybridized carbons (Fsp3) is 0.0242. The highest BCUT2D eigenvalue weighted by molar-refractivity contribution is 6.98. The third kappa shape index (κ3) is 13.5. The number of para-hydroxylation sites is 3. The average Bonchev–Trinajstić information content (AvgIpc) is 0.961. The highest BCUT2D eigenvalue weighted by Crippen LogP contribution is 2.53. The van der Waals surface area contributed by atoms with Gasteiger partial charge >= 0.3 is 0 Å². The van der Waals surface area contributed by atoms with E-state index in [-0.39, 0.29) is 17.9 Å². The molecule has 5 nitrogen and oxygen atoms in total. The van der Waals surface area contributed by atoms with E-state index in [2.05, 4.69) is 424 Å². The Kier molecular flexibility index (Phi) is 19.6. The molecule has 132 heavy (non-hydrogen) atoms. The van der Waals surface area contributed by atoms with Crippen molar-refractivity contribution in [1.29, 1.82) is 0 Å². The van der Waals surface area contributed by atoms with E-state index in [9.17, 15) is 0 Å². The smallest absolute Gasteiger partial charge is 0.265 e. The number of anilines is 6. The molecule has 0 bridgehead atoms. The number of hydrogen-bond donors (Lipinski definition) is 0. The lowest BCUT2D eigenvalue weighted by atomic mass is 9.35. The largest absolute Gasteiger partial charge is 0.309 e. The SMILES string of the molecule is CC1(C)c2ccccc2-c2ccc(N(c3ccccc3)c3ccc(-c4ccc5ccc6c(B(c7ccccc7)c7c(F)cc(-c8ccccc8)cc7-c7ccccc7)ccc7c8ccccc8c4c5c67)nc3)cc21.c1ccc(B(c2ccccc2)c2ccc(-c3ccc4c5ccccc5c5c(-c6ccc(N(c7ccccc7)c7ccccc7)nc6)ccc6ccc3c4c65)cn2)cc1. The molecule has 0 atom stereocenters. The van der Waals surface area contributed by atoms with Gasteiger partial charge in [-0.2, -0.15) is 0 Å². The molecule has 0 saturated carbocycles. The molecule has 21 aromatic carbocycles. The first-order chi connectivity index (χ1) is 65.2. The molecular formula is C124H84B2FN5. The van der Waals surface area contributed by atoms with Crippen LogP contribution in [-0.2, 0) is 5.41 Å². The van der Waals surface area contributed by atoms with Crippen LogP contribution in [0, 0.1) is 5.82 Å². The number of nitrogens with zero attached hydrogens (tertiary/aromatic N) is 5. The molecule has 0 radical (unpaired) electrons. The van der Waals surface area contributed by atoms with Crippen LogP contribution in [0.3, 0.4) is 0 Å². The topological polar surface area (TPSA) is 45.2 Å². The summed E-state index contributed by atoms with van der Waals surface area (Å²) in [6.07, 6.45) is 6.12. The third-order valence-corrected chi connectivity index (χ3v) is 27.5. The van der Waals surface area contributed by atoms with Gasteiger partial charge in [0, 0.05) is 68.2 Å². The van der Waals surface area contributed by atoms with Crippen LogP contribution in [0.4, 0.5) is 38.6 Å². The summed E-state index contributed by atoms with van der Waals surface area (Å²) < 4.78 is 17.7. The number of rotatable bonds is 17. The van der Waals surface area contributed by atoms with E-state index in [0.29, 0.717) is 5.46 Å². The molecule has 0 saturated heterocycles. The summed E-state index contributed by atoms with van der Waals surface area (Å²) in [4.78, 5) is 20.2. The van der Waals surface area contributed by atoms with Crippen LogP contribution in [0.25, 0.3) is 153 Å². The van der Waals surface area contributed by atoms with Gasteiger partial charge in [-0.05, 0) is 233 Å². The summed E-state index contributed by atoms with van der Waals surface area (Å²) >= 11 is 0. The van der Waals surface area contributed by atoms with Crippen LogP contribution < -0.4 is 42.7 Å². The van der Waals surface area contributed by atoms with E-state index in [1.165, 1.54) is 114 Å². The molecule has 0 aliphatic heterocycles. The summed E-state index contributed by atoms with van der Waals surface area (Å²) in [5.41, 5.74) is 26.8. The van der Waals surface area contributed by atoms with Crippen molar-refractivity contribution in [3.63, 3.8) is 0 Å². The zero-order valence-corrected chi connectivity index (χ0v) is 72.8. The first-order valence-electron chi connectivity index (χ1n) is 45.4. The number of pyridine rings is 3. The van der Waals surface area contributed by atoms with Gasteiger partial charge in [0.05, 0.1) is 17.6 Å². The van der Waals surface area contributed by atoms with E-state index in [1.807, 2.05) is 67.0 Å². The highest BCUT2D eigenvalue weighted by Gasteiger charge is 2.37. The van der Waals surface area contributed by atoms with Gasteiger partial charge in [-0.1, -0.05) is 400 Å². The summed E-state index contributed by atoms with van der Waals surface area (Å²) in [5, 5.41) is 19.3. The van der Waals surface area contributed by atoms with Crippen LogP contribution in [0.5, 0.6) is 0 Å². The number of aromatic nitrogens is 3. The van der Waals surface area contributed by atoms with Crippen molar-refractivity contribution in [2.75, 3.05) is 9.80 Å². The Hall–Kier alpha value is -16.7. The zero-order valence-electron chi connectivity index (χ0n) is 72.8. The molecule has 0 N–H and O–H groups in total. The van der Waals surface area contributed by atoms with Gasteiger partial charge in [0.15, 0.2) is 0 Å². The Balaban J connectivity index is 0.000000150. The van der Waals surface area contributed by atoms with Crippen molar-refractivity contribution in [2.24, 2.45) is 0 Å². The van der Waals surface area contributed by atoms with Crippen LogP contribution in [0.1, 0.15) is 25.0 Å². The fourth-order valence-corrected chi connectivity index (χ4v) is 21.4. The Bertz CT molecular complexity index is 8370. The van der Waals surface area contributed by atoms with Crippen molar-refractivity contribution < 1.29 is 4.39 Å². The second-order valence-electron chi connectivity index (χ2n) is 35.2. The second kappa shape index (κ2) is 32.9. The molecule has 0 spiro atoms. The Morgan fingerprint density at radius 2 is 0.689 bits per heavy atom. The van der Waals surface area contributed by atoms with E-state index in [0.717, 1.165) is 112 Å². The molecule has 0 unspecified atom stereocenters. The van der Waals surface area contributed by atoms with Crippen LogP contribution in [0.15, 0.2) is 474 Å². The maximum absolute atomic E-state index is 17.7. The van der Waals surface area contributed by atoms with Gasteiger partial charge in [0.25, 0.3) is 6.71 Å². The number of fused-ring (bicyclic) bond motifs is 9. The lowest BCUT2D eigenvalue weighted by Crippen LogP contribution is -2.54. The predicted octanol–water partition coefficient (Wildman–Crippen LogP) is 28.4. The maximum Gasteiger partial charge on any atom is 0.265 e. The second-order valence-corrected chi connectivity index (χ2v) is 35.2. The summed E-state index contributed by atoms with van der Waals surface area (Å²) in [7, 11) is 0. The minimum absolute atomic E-state index is 0.0471. The molecule has 24 aromatic rings. The lowest BCUT2D eigenvalue weighted by Gasteiger charge is -2.28. The minimum atomic E-state index is -0.430. The quantitative estimate of drug-likeness (QED) is 0.0516. The van der Waals surface area contributed by atoms with E-state index >= 15 is 4.39 Å². The normalized spacial score (nSPS) is 12.1. The zero-order chi connectivity index (χ0) is 87.9. The molecule has 3 aromatic heterocycles. The summed E-state index contributed by atoms with van der Waals surface area (Å²) in [6, 6.07) is 161. The van der Waals surface area contributed by atoms with E-state index in [1.54, 1.807) is 6.07 Å². The first-order valence-corrected chi connectivity index (χ1v) is 45.4. The molecular weight excluding hydrogens is 1600 g/mol. The number of hydrogen-bond acceptors (Lipinski definition) is 5. The monoisotopic (exact) mass is 1680 g/mol. The van der Waals surface area contributed by atoms with E-state index < -0.39 is 6.71 Å². The minimum Gasteiger partial charge on any atom is -0.309 e. The molecule has 3 heterocycles. The van der Waals surface area contributed by atoms with Gasteiger partial charge in [-0.3, -0.25) is 14.9 Å². The van der Waals surface area contributed by atoms with Crippen LogP contribution >= 0.6 is 0 Å². The first kappa shape index (κ1) is 78.8. The van der Waals surface area contributed by atoms with Crippen molar-refractivity contribution in [2.45, 2.75) is 19.3 Å². The summed E-state index contributed by atoms with van der Waals surface area (Å²) in [6.45, 7) is 4.28. The maximum atomic E-state index is 17.7. The predicted molar refractivity (Wildman–Crippen MR) is 558 cm³/mol. The number of halogens is 1. The molecule has 8 heteroatoms. The Labute approximate surface area is 767 Å². The lowest BCUT2D eigenvalue weighted by molar-refractivity contribution is 0.636. The molecule has 0 fully saturated rings. The molecule has 618 valence electrons. The van der Waals surface area contributed by atoms with Crippen LogP contribution in [0.2, 0.25) is 0 Å². The molecule has 0 amide bonds. The highest BCUT2D eigenvalue weighted by atomic mass is 19.1. The van der Waals surface area contributed by atoms with Gasteiger partial charge in [0.1, 0.15) is 11.6 Å². The van der Waals surface area contributed by atoms with Crippen molar-refractivity contribution in [3.8, 4) is 66.9 Å². The third-order valence-electron chi connectivity index (χ3n) is 27.5. The van der Waals surface area contributed by atoms with Crippen molar-refractivity contribution >= 4 is 167 Å². The molecule has 1 aliphatic rings. The standard InChI is InChI=1S/C70H48BFN2.C54H36BN3/c1-70(2)61-30-18-17-28-54(61)55-37-33-51(43-62(55)70)74(50-25-13-6-14-26-50)52-34-40-65(73-44-52)59-36-32-47-31-35-58-63(39-38-57-53-27-15-16-29-56(53)68(59)66(47)67(57)58)71(49-23-11-5-12-24-49)69-60(46-21-9-4-10-22-46)41-48(42-64(69)72)45-19-7-3-8-20-45;1-5-15-40(16-6-1)55(41-17-7-2-8-18-41)50-33-27-38(35-56-50)44-31-32-49-46-23-13-14-24-47(46)53-45(29-25-37-26-30-48(44)54(49)52(37)53)39-28-34-51(57-36-39)58(42-19-9-3-10-20-42)43-21-11-4-12-22-43/h3-44H,1-2H3;1-36H. The Morgan fingerprint density at radius 3 is 1.27 bits per heavy atom. The van der Waals surface area contributed by atoms with E-state index in [4.69, 9.17) is 15.0 Å². The van der Waals surface area contributed by atoms with Gasteiger partial charge in [-0.15, -0.1) is 0 Å². The molecule has 1 aliphatic carbocycles. The molecule has 25 rings (SSSR count). The average molecular weight is 1680 g/mol. The Morgan fingerprint density at radius 1 is 0.242 bits per heavy atom.